The van der Waals surface area contributed by atoms with Gasteiger partial charge in [0, 0.05) is 61.1 Å². The molecule has 0 saturated carbocycles. The fraction of sp³-hybridized carbons (Fsp3) is 0.194. The molecule has 5 rings (SSSR count). The Balaban J connectivity index is 0.00000387. The second-order valence-corrected chi connectivity index (χ2v) is 9.42. The molecule has 1 fully saturated rings. The molecular formula is C31H32ClN5O4. The first-order chi connectivity index (χ1) is 19.5. The number of aromatic nitrogens is 1. The van der Waals surface area contributed by atoms with Crippen molar-refractivity contribution in [1.82, 2.24) is 4.98 Å². The highest BCUT2D eigenvalue weighted by Crippen LogP contribution is 2.32. The van der Waals surface area contributed by atoms with Gasteiger partial charge in [0.05, 0.1) is 12.8 Å². The molecule has 0 radical (unpaired) electrons. The first kappa shape index (κ1) is 29.2. The van der Waals surface area contributed by atoms with Crippen LogP contribution in [0.25, 0.3) is 0 Å². The summed E-state index contributed by atoms with van der Waals surface area (Å²) in [5, 5.41) is 16.0. The Morgan fingerprint density at radius 2 is 1.32 bits per heavy atom. The number of nitrogens with one attached hydrogen (secondary N) is 2. The minimum atomic E-state index is -0.396. The van der Waals surface area contributed by atoms with Gasteiger partial charge in [0.15, 0.2) is 0 Å². The summed E-state index contributed by atoms with van der Waals surface area (Å²) in [5.41, 5.74) is 3.48. The number of hydrogen-bond acceptors (Lipinski definition) is 7. The normalized spacial score (nSPS) is 13.0. The lowest BCUT2D eigenvalue weighted by molar-refractivity contribution is 0.101. The Morgan fingerprint density at radius 1 is 0.756 bits per heavy atom. The largest absolute Gasteiger partial charge is 0.506 e. The van der Waals surface area contributed by atoms with E-state index in [1.807, 2.05) is 36.7 Å². The van der Waals surface area contributed by atoms with Crippen molar-refractivity contribution in [3.05, 3.63) is 102 Å². The molecule has 41 heavy (non-hydrogen) atoms. The number of benzene rings is 3. The molecule has 1 aliphatic rings. The highest BCUT2D eigenvalue weighted by molar-refractivity contribution is 6.11. The number of aromatic hydroxyl groups is 1. The maximum atomic E-state index is 13.1. The third kappa shape index (κ3) is 7.06. The van der Waals surface area contributed by atoms with Gasteiger partial charge in [-0.05, 0) is 79.2 Å². The molecule has 0 atom stereocenters. The number of halogens is 1. The second-order valence-electron chi connectivity index (χ2n) is 9.42. The average molecular weight is 574 g/mol. The van der Waals surface area contributed by atoms with Crippen LogP contribution in [0.1, 0.15) is 27.1 Å². The Hall–Kier alpha value is -4.76. The number of phenolic OH excluding ortho intramolecular Hbond substituents is 1. The highest BCUT2D eigenvalue weighted by atomic mass is 35.5. The number of carbonyl (C=O) groups excluding carboxylic acids is 2. The van der Waals surface area contributed by atoms with Gasteiger partial charge in [-0.1, -0.05) is 6.07 Å². The van der Waals surface area contributed by atoms with Crippen LogP contribution in [-0.2, 0) is 0 Å². The number of nitrogens with zero attached hydrogens (tertiary/aromatic N) is 3. The number of phenols is 1. The number of methoxy groups -OCH3 is 1. The number of anilines is 4. The Labute approximate surface area is 245 Å². The van der Waals surface area contributed by atoms with E-state index < -0.39 is 5.91 Å². The van der Waals surface area contributed by atoms with Crippen LogP contribution in [0.2, 0.25) is 0 Å². The maximum absolute atomic E-state index is 13.1. The first-order valence-corrected chi connectivity index (χ1v) is 13.1. The summed E-state index contributed by atoms with van der Waals surface area (Å²) in [6.07, 6.45) is 4.65. The van der Waals surface area contributed by atoms with E-state index in [1.165, 1.54) is 11.8 Å². The zero-order chi connectivity index (χ0) is 27.9. The van der Waals surface area contributed by atoms with Crippen molar-refractivity contribution in [2.75, 3.05) is 53.7 Å². The summed E-state index contributed by atoms with van der Waals surface area (Å²) in [6, 6.07) is 22.8. The zero-order valence-corrected chi connectivity index (χ0v) is 23.4. The summed E-state index contributed by atoms with van der Waals surface area (Å²) in [5.74, 6) is -0.294. The van der Waals surface area contributed by atoms with E-state index in [4.69, 9.17) is 4.74 Å². The van der Waals surface area contributed by atoms with Crippen LogP contribution in [0.5, 0.6) is 11.5 Å². The van der Waals surface area contributed by atoms with E-state index in [1.54, 1.807) is 55.6 Å². The van der Waals surface area contributed by atoms with E-state index in [0.29, 0.717) is 16.9 Å². The van der Waals surface area contributed by atoms with Crippen molar-refractivity contribution in [3.63, 3.8) is 0 Å². The van der Waals surface area contributed by atoms with Crippen LogP contribution in [0.4, 0.5) is 22.7 Å². The van der Waals surface area contributed by atoms with Gasteiger partial charge in [0.1, 0.15) is 17.2 Å². The van der Waals surface area contributed by atoms with Crippen LogP contribution >= 0.6 is 12.4 Å². The summed E-state index contributed by atoms with van der Waals surface area (Å²) >= 11 is 0. The van der Waals surface area contributed by atoms with Crippen molar-refractivity contribution in [2.45, 2.75) is 6.42 Å². The lowest BCUT2D eigenvalue weighted by atomic mass is 10.1. The topological polar surface area (TPSA) is 107 Å². The minimum absolute atomic E-state index is 0. The van der Waals surface area contributed by atoms with E-state index in [-0.39, 0.29) is 35.4 Å². The average Bonchev–Trinajstić information content (AvgIpc) is 3.26. The van der Waals surface area contributed by atoms with E-state index in [9.17, 15) is 14.7 Å². The number of hydrogen-bond donors (Lipinski definition) is 3. The fourth-order valence-electron chi connectivity index (χ4n) is 4.71. The van der Waals surface area contributed by atoms with Crippen molar-refractivity contribution in [2.24, 2.45) is 0 Å². The van der Waals surface area contributed by atoms with Crippen molar-refractivity contribution in [1.29, 1.82) is 0 Å². The van der Waals surface area contributed by atoms with Crippen LogP contribution in [-0.4, -0.2) is 55.2 Å². The first-order valence-electron chi connectivity index (χ1n) is 13.1. The Morgan fingerprint density at radius 3 is 1.93 bits per heavy atom. The predicted octanol–water partition coefficient (Wildman–Crippen LogP) is 5.44. The summed E-state index contributed by atoms with van der Waals surface area (Å²) in [7, 11) is 1.55. The van der Waals surface area contributed by atoms with Crippen LogP contribution in [0, 0.1) is 0 Å². The van der Waals surface area contributed by atoms with E-state index in [2.05, 4.69) is 25.4 Å². The molecule has 0 spiro atoms. The minimum Gasteiger partial charge on any atom is -0.506 e. The SMILES string of the molecule is COc1ccc(C(=O)Nc2cccc(O)c2NC(=O)c2ccc(N3CCCN(c4ccncc4)CC3)cc2)cc1.Cl. The van der Waals surface area contributed by atoms with Gasteiger partial charge in [0.2, 0.25) is 0 Å². The number of para-hydroxylation sites is 1. The van der Waals surface area contributed by atoms with Crippen molar-refractivity contribution >= 4 is 47.0 Å². The molecule has 1 aromatic heterocycles. The third-order valence-corrected chi connectivity index (χ3v) is 6.90. The molecule has 2 amide bonds. The molecule has 3 N–H and O–H groups in total. The van der Waals surface area contributed by atoms with Gasteiger partial charge in [-0.25, -0.2) is 0 Å². The van der Waals surface area contributed by atoms with Gasteiger partial charge >= 0.3 is 0 Å². The van der Waals surface area contributed by atoms with Gasteiger partial charge in [-0.3, -0.25) is 14.6 Å². The van der Waals surface area contributed by atoms with Crippen LogP contribution in [0.3, 0.4) is 0 Å². The van der Waals surface area contributed by atoms with Crippen LogP contribution < -0.4 is 25.2 Å². The van der Waals surface area contributed by atoms with Crippen molar-refractivity contribution in [3.8, 4) is 11.5 Å². The molecule has 1 aliphatic heterocycles. The molecule has 0 aliphatic carbocycles. The van der Waals surface area contributed by atoms with E-state index >= 15 is 0 Å². The van der Waals surface area contributed by atoms with Gasteiger partial charge < -0.3 is 30.3 Å². The summed E-state index contributed by atoms with van der Waals surface area (Å²) in [4.78, 5) is 34.7. The monoisotopic (exact) mass is 573 g/mol. The molecule has 0 bridgehead atoms. The molecule has 10 heteroatoms. The molecule has 0 unspecified atom stereocenters. The lowest BCUT2D eigenvalue weighted by Gasteiger charge is -2.25. The zero-order valence-electron chi connectivity index (χ0n) is 22.6. The number of carbonyl (C=O) groups is 2. The standard InChI is InChI=1S/C31H31N5O4.ClH/c1-40-26-12-8-23(9-13-26)30(38)33-27-4-2-5-28(37)29(27)34-31(39)22-6-10-24(11-7-22)35-18-3-19-36(21-20-35)25-14-16-32-17-15-25;/h2,4-17,37H,3,18-21H2,1H3,(H,33,38)(H,34,39);1H. The maximum Gasteiger partial charge on any atom is 0.255 e. The third-order valence-electron chi connectivity index (χ3n) is 6.90. The highest BCUT2D eigenvalue weighted by Gasteiger charge is 2.18. The molecular weight excluding hydrogens is 542 g/mol. The molecule has 4 aromatic rings. The second kappa shape index (κ2) is 13.5. The summed E-state index contributed by atoms with van der Waals surface area (Å²) in [6.45, 7) is 3.65. The van der Waals surface area contributed by atoms with E-state index in [0.717, 1.165) is 38.3 Å². The molecule has 3 aromatic carbocycles. The Bertz CT molecular complexity index is 1470. The number of amides is 2. The number of pyridine rings is 1. The van der Waals surface area contributed by atoms with Crippen LogP contribution in [0.15, 0.2) is 91.3 Å². The lowest BCUT2D eigenvalue weighted by Crippen LogP contribution is -2.30. The molecule has 9 nitrogen and oxygen atoms in total. The van der Waals surface area contributed by atoms with Gasteiger partial charge in [-0.15, -0.1) is 12.4 Å². The summed E-state index contributed by atoms with van der Waals surface area (Å²) < 4.78 is 5.14. The Kier molecular flexibility index (Phi) is 9.65. The smallest absolute Gasteiger partial charge is 0.255 e. The number of rotatable bonds is 7. The molecule has 2 heterocycles. The van der Waals surface area contributed by atoms with Gasteiger partial charge in [0.25, 0.3) is 11.8 Å². The molecule has 212 valence electrons. The number of ether oxygens (including phenoxy) is 1. The van der Waals surface area contributed by atoms with Gasteiger partial charge in [-0.2, -0.15) is 0 Å². The predicted molar refractivity (Wildman–Crippen MR) is 164 cm³/mol. The van der Waals surface area contributed by atoms with Crippen molar-refractivity contribution < 1.29 is 19.4 Å². The quantitative estimate of drug-likeness (QED) is 0.253. The molecule has 1 saturated heterocycles. The fourth-order valence-corrected chi connectivity index (χ4v) is 4.71.